The summed E-state index contributed by atoms with van der Waals surface area (Å²) < 4.78 is 19.8. The molecule has 10 heteroatoms. The lowest BCUT2D eigenvalue weighted by Crippen LogP contribution is -2.59. The van der Waals surface area contributed by atoms with Gasteiger partial charge in [-0.1, -0.05) is 0 Å². The summed E-state index contributed by atoms with van der Waals surface area (Å²) in [6.45, 7) is 5.16. The van der Waals surface area contributed by atoms with Crippen LogP contribution in [0.15, 0.2) is 11.8 Å². The van der Waals surface area contributed by atoms with E-state index in [9.17, 15) is 14.4 Å². The zero-order chi connectivity index (χ0) is 18.8. The predicted octanol–water partition coefficient (Wildman–Crippen LogP) is 0.790. The summed E-state index contributed by atoms with van der Waals surface area (Å²) in [4.78, 5) is 35.7. The molecule has 1 aliphatic rings. The second-order valence-electron chi connectivity index (χ2n) is 4.71. The van der Waals surface area contributed by atoms with Crippen LogP contribution in [0.5, 0.6) is 0 Å². The van der Waals surface area contributed by atoms with Gasteiger partial charge in [0.1, 0.15) is 18.0 Å². The number of carbonyl (C=O) groups excluding carboxylic acids is 3. The average molecular weight is 355 g/mol. The first-order chi connectivity index (χ1) is 12.0. The van der Waals surface area contributed by atoms with Gasteiger partial charge in [0.05, 0.1) is 19.8 Å². The normalized spacial score (nSPS) is 21.7. The van der Waals surface area contributed by atoms with Crippen molar-refractivity contribution in [3.63, 3.8) is 0 Å². The maximum atomic E-state index is 12.2. The molecule has 25 heavy (non-hydrogen) atoms. The van der Waals surface area contributed by atoms with E-state index < -0.39 is 36.3 Å². The highest BCUT2D eigenvalue weighted by Crippen LogP contribution is 2.23. The van der Waals surface area contributed by atoms with E-state index in [0.717, 1.165) is 0 Å². The summed E-state index contributed by atoms with van der Waals surface area (Å²) >= 11 is 0. The Balaban J connectivity index is 3.10. The minimum atomic E-state index is -1.22. The predicted molar refractivity (Wildman–Crippen MR) is 82.8 cm³/mol. The number of amides is 2. The number of rotatable bonds is 6. The molecule has 0 saturated carbocycles. The van der Waals surface area contributed by atoms with Gasteiger partial charge in [0.2, 0.25) is 0 Å². The minimum Gasteiger partial charge on any atom is -0.465 e. The molecule has 0 spiro atoms. The van der Waals surface area contributed by atoms with Crippen molar-refractivity contribution in [2.75, 3.05) is 19.8 Å². The van der Waals surface area contributed by atoms with Crippen LogP contribution in [0, 0.1) is 17.2 Å². The Kier molecular flexibility index (Phi) is 8.05. The van der Waals surface area contributed by atoms with Gasteiger partial charge in [-0.3, -0.25) is 10.1 Å². The molecule has 0 aromatic carbocycles. The third-order valence-electron chi connectivity index (χ3n) is 3.06. The first kappa shape index (κ1) is 20.1. The Morgan fingerprint density at radius 2 is 1.64 bits per heavy atom. The number of alkyl carbamates (subject to hydrolysis) is 2. The number of hydrogen-bond acceptors (Lipinski definition) is 8. The summed E-state index contributed by atoms with van der Waals surface area (Å²) in [6.07, 6.45) is -1.64. The standard InChI is InChI=1S/C15H21N3O7/c1-4-22-13(19)10-7-9(8-16)25-12(18-15(21)24-6-3)11(10)17-14(20)23-5-2/h7,10-12H,4-6H2,1-3H3,(H,17,20)(H,18,21)/t10-,11+,12+/m0/s1. The van der Waals surface area contributed by atoms with Crippen LogP contribution in [0.4, 0.5) is 9.59 Å². The molecule has 1 aliphatic heterocycles. The van der Waals surface area contributed by atoms with E-state index in [1.54, 1.807) is 26.8 Å². The van der Waals surface area contributed by atoms with Crippen LogP contribution in [0.25, 0.3) is 0 Å². The van der Waals surface area contributed by atoms with E-state index in [0.29, 0.717) is 0 Å². The molecular weight excluding hydrogens is 334 g/mol. The fourth-order valence-electron chi connectivity index (χ4n) is 2.10. The second kappa shape index (κ2) is 10.0. The van der Waals surface area contributed by atoms with Gasteiger partial charge in [-0.25, -0.2) is 9.59 Å². The van der Waals surface area contributed by atoms with Crippen molar-refractivity contribution >= 4 is 18.2 Å². The third kappa shape index (κ3) is 5.87. The summed E-state index contributed by atoms with van der Waals surface area (Å²) in [7, 11) is 0. The van der Waals surface area contributed by atoms with E-state index in [-0.39, 0.29) is 25.6 Å². The Morgan fingerprint density at radius 1 is 1.08 bits per heavy atom. The molecule has 0 bridgehead atoms. The van der Waals surface area contributed by atoms with Crippen molar-refractivity contribution in [3.05, 3.63) is 11.8 Å². The maximum absolute atomic E-state index is 12.2. The van der Waals surface area contributed by atoms with E-state index in [1.165, 1.54) is 6.08 Å². The first-order valence-electron chi connectivity index (χ1n) is 7.78. The van der Waals surface area contributed by atoms with E-state index in [2.05, 4.69) is 10.6 Å². The van der Waals surface area contributed by atoms with Gasteiger partial charge in [0.15, 0.2) is 12.0 Å². The summed E-state index contributed by atoms with van der Waals surface area (Å²) in [5, 5.41) is 13.9. The molecule has 0 aromatic rings. The second-order valence-corrected chi connectivity index (χ2v) is 4.71. The molecule has 0 fully saturated rings. The van der Waals surface area contributed by atoms with Crippen molar-refractivity contribution in [1.82, 2.24) is 10.6 Å². The van der Waals surface area contributed by atoms with Gasteiger partial charge in [-0.15, -0.1) is 0 Å². The van der Waals surface area contributed by atoms with E-state index >= 15 is 0 Å². The SMILES string of the molecule is CCOC(=O)N[C@H]1[C@H](NC(=O)OCC)OC(C#N)=C[C@@H]1C(=O)OCC. The van der Waals surface area contributed by atoms with Crippen LogP contribution >= 0.6 is 0 Å². The Bertz CT molecular complexity index is 570. The highest BCUT2D eigenvalue weighted by molar-refractivity contribution is 5.78. The zero-order valence-corrected chi connectivity index (χ0v) is 14.2. The van der Waals surface area contributed by atoms with Crippen LogP contribution < -0.4 is 10.6 Å². The van der Waals surface area contributed by atoms with Gasteiger partial charge >= 0.3 is 18.2 Å². The Morgan fingerprint density at radius 3 is 2.16 bits per heavy atom. The van der Waals surface area contributed by atoms with Gasteiger partial charge in [-0.05, 0) is 26.8 Å². The maximum Gasteiger partial charge on any atom is 0.410 e. The lowest BCUT2D eigenvalue weighted by molar-refractivity contribution is -0.149. The zero-order valence-electron chi connectivity index (χ0n) is 14.2. The van der Waals surface area contributed by atoms with Crippen LogP contribution in [0.1, 0.15) is 20.8 Å². The van der Waals surface area contributed by atoms with Crippen LogP contribution in [0.2, 0.25) is 0 Å². The topological polar surface area (TPSA) is 136 Å². The molecule has 1 heterocycles. The number of ether oxygens (including phenoxy) is 4. The van der Waals surface area contributed by atoms with E-state index in [1.807, 2.05) is 0 Å². The van der Waals surface area contributed by atoms with Crippen LogP contribution in [-0.4, -0.2) is 50.2 Å². The number of carbonyl (C=O) groups is 3. The van der Waals surface area contributed by atoms with Crippen LogP contribution in [-0.2, 0) is 23.7 Å². The molecule has 1 rings (SSSR count). The smallest absolute Gasteiger partial charge is 0.410 e. The molecule has 2 N–H and O–H groups in total. The minimum absolute atomic E-state index is 0.105. The fraction of sp³-hybridized carbons (Fsp3) is 0.600. The van der Waals surface area contributed by atoms with Crippen molar-refractivity contribution in [1.29, 1.82) is 5.26 Å². The van der Waals surface area contributed by atoms with Gasteiger partial charge in [-0.2, -0.15) is 5.26 Å². The van der Waals surface area contributed by atoms with Crippen molar-refractivity contribution in [2.45, 2.75) is 33.0 Å². The summed E-state index contributed by atoms with van der Waals surface area (Å²) in [6, 6.07) is 0.704. The number of nitrogens with zero attached hydrogens (tertiary/aromatic N) is 1. The van der Waals surface area contributed by atoms with Crippen molar-refractivity contribution < 1.29 is 33.3 Å². The number of nitrogens with one attached hydrogen (secondary N) is 2. The van der Waals surface area contributed by atoms with Gasteiger partial charge in [0, 0.05) is 0 Å². The highest BCUT2D eigenvalue weighted by atomic mass is 16.6. The summed E-state index contributed by atoms with van der Waals surface area (Å²) in [5.74, 6) is -1.93. The molecule has 0 aromatic heterocycles. The molecular formula is C15H21N3O7. The molecule has 2 amide bonds. The monoisotopic (exact) mass is 355 g/mol. The van der Waals surface area contributed by atoms with Gasteiger partial charge in [0.25, 0.3) is 0 Å². The quantitative estimate of drug-likeness (QED) is 0.527. The number of nitriles is 1. The Hall–Kier alpha value is -2.96. The highest BCUT2D eigenvalue weighted by Gasteiger charge is 2.42. The largest absolute Gasteiger partial charge is 0.465 e. The molecule has 138 valence electrons. The number of esters is 1. The average Bonchev–Trinajstić information content (AvgIpc) is 2.56. The number of hydrogen-bond donors (Lipinski definition) is 2. The lowest BCUT2D eigenvalue weighted by atomic mass is 9.95. The molecule has 0 saturated heterocycles. The molecule has 10 nitrogen and oxygen atoms in total. The lowest BCUT2D eigenvalue weighted by Gasteiger charge is -2.34. The Labute approximate surface area is 145 Å². The molecule has 0 aliphatic carbocycles. The molecule has 0 radical (unpaired) electrons. The molecule has 0 unspecified atom stereocenters. The number of allylic oxidation sites excluding steroid dienone is 1. The fourth-order valence-corrected chi connectivity index (χ4v) is 2.10. The first-order valence-corrected chi connectivity index (χ1v) is 7.78. The van der Waals surface area contributed by atoms with E-state index in [4.69, 9.17) is 24.2 Å². The van der Waals surface area contributed by atoms with Crippen molar-refractivity contribution in [2.24, 2.45) is 5.92 Å². The third-order valence-corrected chi connectivity index (χ3v) is 3.06. The van der Waals surface area contributed by atoms with Crippen LogP contribution in [0.3, 0.4) is 0 Å². The van der Waals surface area contributed by atoms with Gasteiger partial charge < -0.3 is 24.3 Å². The summed E-state index contributed by atoms with van der Waals surface area (Å²) in [5.41, 5.74) is 0. The van der Waals surface area contributed by atoms with Crippen molar-refractivity contribution in [3.8, 4) is 6.07 Å². The molecule has 3 atom stereocenters.